The van der Waals surface area contributed by atoms with E-state index in [1.165, 1.54) is 6.92 Å². The van der Waals surface area contributed by atoms with Crippen molar-refractivity contribution in [3.05, 3.63) is 52.6 Å². The third kappa shape index (κ3) is 6.26. The summed E-state index contributed by atoms with van der Waals surface area (Å²) in [5, 5.41) is 5.46. The first-order chi connectivity index (χ1) is 12.8. The van der Waals surface area contributed by atoms with Gasteiger partial charge in [-0.1, -0.05) is 0 Å². The van der Waals surface area contributed by atoms with Gasteiger partial charge >= 0.3 is 0 Å². The monoisotopic (exact) mass is 432 g/mol. The fourth-order valence-corrected chi connectivity index (χ4v) is 2.47. The first-order valence-corrected chi connectivity index (χ1v) is 9.09. The number of nitrogens with zero attached hydrogens (tertiary/aromatic N) is 2. The van der Waals surface area contributed by atoms with Crippen LogP contribution in [0.15, 0.2) is 47.1 Å². The fourth-order valence-electron chi connectivity index (χ4n) is 2.23. The Morgan fingerprint density at radius 2 is 1.78 bits per heavy atom. The van der Waals surface area contributed by atoms with Gasteiger partial charge in [0, 0.05) is 21.9 Å². The van der Waals surface area contributed by atoms with Gasteiger partial charge in [0.05, 0.1) is 12.6 Å². The Hall–Kier alpha value is -2.58. The number of hydrogen-bond acceptors (Lipinski definition) is 5. The lowest BCUT2D eigenvalue weighted by Crippen LogP contribution is -2.43. The topological polar surface area (TPSA) is 91.4 Å². The molecule has 1 heterocycles. The normalized spacial score (nSPS) is 11.7. The number of rotatable bonds is 7. The lowest BCUT2D eigenvalue weighted by Gasteiger charge is -2.23. The van der Waals surface area contributed by atoms with Crippen molar-refractivity contribution < 1.29 is 14.4 Å². The molecule has 7 nitrogen and oxygen atoms in total. The highest BCUT2D eigenvalue weighted by Gasteiger charge is 2.20. The number of halogens is 1. The molecule has 0 radical (unpaired) electrons. The number of carbonyl (C=O) groups excluding carboxylic acids is 3. The van der Waals surface area contributed by atoms with Crippen LogP contribution in [0, 0.1) is 0 Å². The molecule has 1 unspecified atom stereocenters. The highest BCUT2D eigenvalue weighted by Crippen LogP contribution is 2.12. The Bertz CT molecular complexity index is 822. The first-order valence-electron chi connectivity index (χ1n) is 8.30. The summed E-state index contributed by atoms with van der Waals surface area (Å²) in [6, 6.07) is 9.60. The van der Waals surface area contributed by atoms with Gasteiger partial charge in [-0.2, -0.15) is 0 Å². The van der Waals surface area contributed by atoms with Crippen molar-refractivity contribution in [2.45, 2.75) is 19.9 Å². The molecule has 1 atom stereocenters. The van der Waals surface area contributed by atoms with Crippen LogP contribution in [0.2, 0.25) is 0 Å². The van der Waals surface area contributed by atoms with Gasteiger partial charge < -0.3 is 10.6 Å². The average molecular weight is 433 g/mol. The van der Waals surface area contributed by atoms with Crippen LogP contribution in [-0.4, -0.2) is 47.1 Å². The number of carbonyl (C=O) groups is 3. The maximum absolute atomic E-state index is 12.4. The second-order valence-corrected chi connectivity index (χ2v) is 7.04. The Labute approximate surface area is 166 Å². The number of amides is 2. The van der Waals surface area contributed by atoms with Crippen molar-refractivity contribution in [1.29, 1.82) is 0 Å². The summed E-state index contributed by atoms with van der Waals surface area (Å²) >= 11 is 3.28. The van der Waals surface area contributed by atoms with E-state index < -0.39 is 6.04 Å². The smallest absolute Gasteiger partial charge is 0.241 e. The average Bonchev–Trinajstić information content (AvgIpc) is 2.63. The summed E-state index contributed by atoms with van der Waals surface area (Å²) in [4.78, 5) is 41.5. The van der Waals surface area contributed by atoms with Gasteiger partial charge in [-0.3, -0.25) is 19.3 Å². The van der Waals surface area contributed by atoms with Crippen molar-refractivity contribution >= 4 is 45.0 Å². The molecule has 0 spiro atoms. The van der Waals surface area contributed by atoms with E-state index in [0.717, 1.165) is 4.47 Å². The van der Waals surface area contributed by atoms with Crippen LogP contribution in [0.4, 0.5) is 11.5 Å². The summed E-state index contributed by atoms with van der Waals surface area (Å²) in [6.07, 6.45) is 1.59. The summed E-state index contributed by atoms with van der Waals surface area (Å²) in [5.74, 6) is -0.105. The van der Waals surface area contributed by atoms with Crippen LogP contribution in [0.1, 0.15) is 24.2 Å². The van der Waals surface area contributed by atoms with Gasteiger partial charge in [-0.25, -0.2) is 4.98 Å². The summed E-state index contributed by atoms with van der Waals surface area (Å²) in [7, 11) is 1.69. The molecule has 0 bridgehead atoms. The van der Waals surface area contributed by atoms with E-state index in [-0.39, 0.29) is 24.1 Å². The molecule has 2 rings (SSSR count). The zero-order chi connectivity index (χ0) is 20.0. The van der Waals surface area contributed by atoms with Crippen LogP contribution in [0.5, 0.6) is 0 Å². The van der Waals surface area contributed by atoms with Gasteiger partial charge in [0.15, 0.2) is 5.78 Å². The lowest BCUT2D eigenvalue weighted by atomic mass is 10.1. The molecule has 2 amide bonds. The molecule has 27 heavy (non-hydrogen) atoms. The van der Waals surface area contributed by atoms with Gasteiger partial charge in [0.25, 0.3) is 0 Å². The third-order valence-corrected chi connectivity index (χ3v) is 4.46. The predicted octanol–water partition coefficient (Wildman–Crippen LogP) is 2.94. The number of anilines is 2. The highest BCUT2D eigenvalue weighted by atomic mass is 79.9. The molecule has 1 aromatic heterocycles. The molecule has 0 aliphatic heterocycles. The van der Waals surface area contributed by atoms with Crippen LogP contribution >= 0.6 is 15.9 Å². The number of nitrogens with one attached hydrogen (secondary N) is 2. The molecule has 8 heteroatoms. The molecule has 0 fully saturated rings. The van der Waals surface area contributed by atoms with Crippen LogP contribution in [-0.2, 0) is 9.59 Å². The van der Waals surface area contributed by atoms with Crippen molar-refractivity contribution in [3.63, 3.8) is 0 Å². The quantitative estimate of drug-likeness (QED) is 0.656. The maximum Gasteiger partial charge on any atom is 0.241 e. The van der Waals surface area contributed by atoms with E-state index in [1.54, 1.807) is 61.5 Å². The summed E-state index contributed by atoms with van der Waals surface area (Å²) in [5.41, 5.74) is 1.17. The minimum absolute atomic E-state index is 0.0350. The summed E-state index contributed by atoms with van der Waals surface area (Å²) in [6.45, 7) is 3.24. The Morgan fingerprint density at radius 1 is 1.11 bits per heavy atom. The molecular formula is C19H21BrN4O3. The van der Waals surface area contributed by atoms with E-state index in [1.807, 2.05) is 0 Å². The SMILES string of the molecule is CC(=O)c1ccc(NC(=O)C(C)N(C)CC(=O)Nc2ccc(Br)cn2)cc1. The highest BCUT2D eigenvalue weighted by molar-refractivity contribution is 9.10. The zero-order valence-corrected chi connectivity index (χ0v) is 16.9. The minimum Gasteiger partial charge on any atom is -0.325 e. The fraction of sp³-hybridized carbons (Fsp3) is 0.263. The molecule has 2 aromatic rings. The molecule has 1 aromatic carbocycles. The van der Waals surface area contributed by atoms with E-state index in [2.05, 4.69) is 31.5 Å². The first kappa shape index (κ1) is 20.7. The summed E-state index contributed by atoms with van der Waals surface area (Å²) < 4.78 is 0.819. The second kappa shape index (κ2) is 9.38. The predicted molar refractivity (Wildman–Crippen MR) is 108 cm³/mol. The number of ketones is 1. The standard InChI is InChI=1S/C19H21BrN4O3/c1-12(19(27)22-16-7-4-14(5-8-16)13(2)25)24(3)11-18(26)23-17-9-6-15(20)10-21-17/h4-10,12H,11H2,1-3H3,(H,22,27)(H,21,23,26). The maximum atomic E-state index is 12.4. The van der Waals surface area contributed by atoms with Crippen molar-refractivity contribution in [2.24, 2.45) is 0 Å². The molecular weight excluding hydrogens is 412 g/mol. The van der Waals surface area contributed by atoms with Crippen molar-refractivity contribution in [1.82, 2.24) is 9.88 Å². The Morgan fingerprint density at radius 3 is 2.33 bits per heavy atom. The number of hydrogen-bond donors (Lipinski definition) is 2. The van der Waals surface area contributed by atoms with Crippen molar-refractivity contribution in [3.8, 4) is 0 Å². The Kier molecular flexibility index (Phi) is 7.20. The number of pyridine rings is 1. The van der Waals surface area contributed by atoms with Crippen LogP contribution in [0.3, 0.4) is 0 Å². The molecule has 2 N–H and O–H groups in total. The van der Waals surface area contributed by atoms with Gasteiger partial charge in [-0.05, 0) is 73.2 Å². The van der Waals surface area contributed by atoms with E-state index in [0.29, 0.717) is 17.1 Å². The Balaban J connectivity index is 1.88. The zero-order valence-electron chi connectivity index (χ0n) is 15.3. The van der Waals surface area contributed by atoms with E-state index in [9.17, 15) is 14.4 Å². The number of likely N-dealkylation sites (N-methyl/N-ethyl adjacent to an activating group) is 1. The number of Topliss-reactive ketones (excluding diaryl/α,β-unsaturated/α-hetero) is 1. The van der Waals surface area contributed by atoms with E-state index in [4.69, 9.17) is 0 Å². The molecule has 0 saturated carbocycles. The second-order valence-electron chi connectivity index (χ2n) is 6.12. The third-order valence-electron chi connectivity index (χ3n) is 3.99. The number of aromatic nitrogens is 1. The van der Waals surface area contributed by atoms with Crippen molar-refractivity contribution in [2.75, 3.05) is 24.2 Å². The largest absolute Gasteiger partial charge is 0.325 e. The van der Waals surface area contributed by atoms with Gasteiger partial charge in [0.1, 0.15) is 5.82 Å². The molecule has 0 saturated heterocycles. The minimum atomic E-state index is -0.527. The van der Waals surface area contributed by atoms with Crippen LogP contribution in [0.25, 0.3) is 0 Å². The molecule has 0 aliphatic rings. The molecule has 0 aliphatic carbocycles. The van der Waals surface area contributed by atoms with Gasteiger partial charge in [-0.15, -0.1) is 0 Å². The lowest BCUT2D eigenvalue weighted by molar-refractivity contribution is -0.122. The molecule has 142 valence electrons. The number of benzene rings is 1. The van der Waals surface area contributed by atoms with Gasteiger partial charge in [0.2, 0.25) is 11.8 Å². The van der Waals surface area contributed by atoms with Crippen LogP contribution < -0.4 is 10.6 Å². The van der Waals surface area contributed by atoms with E-state index >= 15 is 0 Å².